The molecule has 120 valence electrons. The summed E-state index contributed by atoms with van der Waals surface area (Å²) in [4.78, 5) is 24.0. The van der Waals surface area contributed by atoms with Gasteiger partial charge in [0.25, 0.3) is 0 Å². The molecule has 0 saturated carbocycles. The quantitative estimate of drug-likeness (QED) is 0.528. The van der Waals surface area contributed by atoms with Crippen LogP contribution in [0.1, 0.15) is 36.7 Å². The van der Waals surface area contributed by atoms with Crippen LogP contribution in [0.4, 0.5) is 4.79 Å². The summed E-state index contributed by atoms with van der Waals surface area (Å²) in [6.07, 6.45) is -0.827. The first-order valence-corrected chi connectivity index (χ1v) is 7.09. The number of carbonyl (C=O) groups excluding carboxylic acids is 2. The molecular weight excluding hydrogens is 296 g/mol. The van der Waals surface area contributed by atoms with Crippen molar-refractivity contribution in [2.24, 2.45) is 0 Å². The number of aromatic hydroxyl groups is 1. The topological polar surface area (TPSA) is 72.8 Å². The van der Waals surface area contributed by atoms with E-state index in [0.29, 0.717) is 11.1 Å². The normalized spacial score (nSPS) is 10.9. The minimum atomic E-state index is -0.827. The summed E-state index contributed by atoms with van der Waals surface area (Å²) in [7, 11) is 0. The highest BCUT2D eigenvalue weighted by Gasteiger charge is 2.18. The third kappa shape index (κ3) is 4.85. The second-order valence-electron chi connectivity index (χ2n) is 5.97. The molecule has 0 heterocycles. The van der Waals surface area contributed by atoms with Crippen molar-refractivity contribution in [3.8, 4) is 11.5 Å². The van der Waals surface area contributed by atoms with Crippen molar-refractivity contribution in [2.45, 2.75) is 26.4 Å². The van der Waals surface area contributed by atoms with Crippen LogP contribution in [0.3, 0.4) is 0 Å². The molecular formula is C18H18O5. The summed E-state index contributed by atoms with van der Waals surface area (Å²) >= 11 is 0. The zero-order valence-corrected chi connectivity index (χ0v) is 13.2. The number of benzene rings is 2. The van der Waals surface area contributed by atoms with Gasteiger partial charge >= 0.3 is 6.16 Å². The average Bonchev–Trinajstić information content (AvgIpc) is 2.45. The number of ether oxygens (including phenoxy) is 2. The maximum atomic E-state index is 12.4. The van der Waals surface area contributed by atoms with Crippen LogP contribution >= 0.6 is 0 Å². The molecule has 0 unspecified atom stereocenters. The lowest BCUT2D eigenvalue weighted by Crippen LogP contribution is -2.26. The van der Waals surface area contributed by atoms with E-state index in [1.165, 1.54) is 30.3 Å². The molecule has 0 amide bonds. The first-order chi connectivity index (χ1) is 10.7. The molecule has 0 atom stereocenters. The highest BCUT2D eigenvalue weighted by molar-refractivity contribution is 6.09. The predicted octanol–water partition coefficient (Wildman–Crippen LogP) is 3.94. The Morgan fingerprint density at radius 3 is 2.22 bits per heavy atom. The van der Waals surface area contributed by atoms with E-state index in [9.17, 15) is 14.7 Å². The summed E-state index contributed by atoms with van der Waals surface area (Å²) in [5.74, 6) is 0.0760. The predicted molar refractivity (Wildman–Crippen MR) is 84.8 cm³/mol. The van der Waals surface area contributed by atoms with E-state index in [-0.39, 0.29) is 17.3 Å². The van der Waals surface area contributed by atoms with Crippen LogP contribution < -0.4 is 4.74 Å². The van der Waals surface area contributed by atoms with Crippen LogP contribution in [0, 0.1) is 0 Å². The molecule has 0 spiro atoms. The molecule has 0 bridgehead atoms. The zero-order valence-electron chi connectivity index (χ0n) is 13.2. The third-order valence-corrected chi connectivity index (χ3v) is 2.82. The molecule has 0 fully saturated rings. The van der Waals surface area contributed by atoms with Gasteiger partial charge in [0, 0.05) is 11.1 Å². The first-order valence-electron chi connectivity index (χ1n) is 7.09. The van der Waals surface area contributed by atoms with Gasteiger partial charge in [0.15, 0.2) is 5.78 Å². The van der Waals surface area contributed by atoms with Crippen molar-refractivity contribution in [1.82, 2.24) is 0 Å². The SMILES string of the molecule is CC(C)(C)OC(=O)Oc1cccc(C(=O)c2ccc(O)cc2)c1. The fraction of sp³-hybridized carbons (Fsp3) is 0.222. The highest BCUT2D eigenvalue weighted by atomic mass is 16.7. The molecule has 1 N–H and O–H groups in total. The Morgan fingerprint density at radius 1 is 0.957 bits per heavy atom. The molecule has 0 aliphatic rings. The maximum Gasteiger partial charge on any atom is 0.514 e. The van der Waals surface area contributed by atoms with Crippen molar-refractivity contribution < 1.29 is 24.2 Å². The molecule has 2 rings (SSSR count). The number of phenolic OH excluding ortho intramolecular Hbond substituents is 1. The van der Waals surface area contributed by atoms with Gasteiger partial charge in [0.1, 0.15) is 17.1 Å². The monoisotopic (exact) mass is 314 g/mol. The number of rotatable bonds is 3. The van der Waals surface area contributed by atoms with Gasteiger partial charge in [0.05, 0.1) is 0 Å². The lowest BCUT2D eigenvalue weighted by molar-refractivity contribution is 0.0206. The lowest BCUT2D eigenvalue weighted by Gasteiger charge is -2.18. The van der Waals surface area contributed by atoms with E-state index in [0.717, 1.165) is 0 Å². The second-order valence-corrected chi connectivity index (χ2v) is 5.97. The van der Waals surface area contributed by atoms with Gasteiger partial charge in [-0.3, -0.25) is 4.79 Å². The van der Waals surface area contributed by atoms with Gasteiger partial charge in [-0.15, -0.1) is 0 Å². The number of ketones is 1. The van der Waals surface area contributed by atoms with Gasteiger partial charge < -0.3 is 14.6 Å². The molecule has 5 nitrogen and oxygen atoms in total. The molecule has 0 saturated heterocycles. The minimum Gasteiger partial charge on any atom is -0.508 e. The van der Waals surface area contributed by atoms with Crippen LogP contribution in [-0.2, 0) is 4.74 Å². The molecule has 5 heteroatoms. The Hall–Kier alpha value is -2.82. The number of carbonyl (C=O) groups is 2. The standard InChI is InChI=1S/C18H18O5/c1-18(2,3)23-17(21)22-15-6-4-5-13(11-15)16(20)12-7-9-14(19)10-8-12/h4-11,19H,1-3H3. The smallest absolute Gasteiger partial charge is 0.508 e. The molecule has 23 heavy (non-hydrogen) atoms. The van der Waals surface area contributed by atoms with Gasteiger partial charge in [-0.25, -0.2) is 4.79 Å². The second kappa shape index (κ2) is 6.52. The van der Waals surface area contributed by atoms with Crippen molar-refractivity contribution >= 4 is 11.9 Å². The molecule has 2 aromatic carbocycles. The summed E-state index contributed by atoms with van der Waals surface area (Å²) in [6.45, 7) is 5.21. The Bertz CT molecular complexity index is 711. The largest absolute Gasteiger partial charge is 0.514 e. The van der Waals surface area contributed by atoms with Crippen molar-refractivity contribution in [3.05, 3.63) is 59.7 Å². The molecule has 0 radical (unpaired) electrons. The van der Waals surface area contributed by atoms with Gasteiger partial charge in [-0.2, -0.15) is 0 Å². The summed E-state index contributed by atoms with van der Waals surface area (Å²) in [6, 6.07) is 12.2. The zero-order chi connectivity index (χ0) is 17.0. The Kier molecular flexibility index (Phi) is 4.69. The fourth-order valence-electron chi connectivity index (χ4n) is 1.85. The van der Waals surface area contributed by atoms with Crippen LogP contribution in [0.25, 0.3) is 0 Å². The van der Waals surface area contributed by atoms with Gasteiger partial charge in [0.2, 0.25) is 0 Å². The van der Waals surface area contributed by atoms with E-state index < -0.39 is 11.8 Å². The van der Waals surface area contributed by atoms with Gasteiger partial charge in [-0.1, -0.05) is 12.1 Å². The van der Waals surface area contributed by atoms with Crippen LogP contribution in [0.2, 0.25) is 0 Å². The highest BCUT2D eigenvalue weighted by Crippen LogP contribution is 2.19. The van der Waals surface area contributed by atoms with Crippen LogP contribution in [-0.4, -0.2) is 22.6 Å². The summed E-state index contributed by atoms with van der Waals surface area (Å²) in [5, 5.41) is 9.26. The summed E-state index contributed by atoms with van der Waals surface area (Å²) in [5.41, 5.74) is 0.144. The fourth-order valence-corrected chi connectivity index (χ4v) is 1.85. The van der Waals surface area contributed by atoms with Crippen LogP contribution in [0.15, 0.2) is 48.5 Å². The number of phenols is 1. The Morgan fingerprint density at radius 2 is 1.61 bits per heavy atom. The van der Waals surface area contributed by atoms with E-state index in [1.54, 1.807) is 39.0 Å². The van der Waals surface area contributed by atoms with Gasteiger partial charge in [-0.05, 0) is 57.2 Å². The number of hydrogen-bond donors (Lipinski definition) is 1. The Labute approximate surface area is 134 Å². The van der Waals surface area contributed by atoms with E-state index in [2.05, 4.69) is 0 Å². The average molecular weight is 314 g/mol. The van der Waals surface area contributed by atoms with E-state index in [4.69, 9.17) is 9.47 Å². The molecule has 0 aliphatic carbocycles. The van der Waals surface area contributed by atoms with Crippen LogP contribution in [0.5, 0.6) is 11.5 Å². The van der Waals surface area contributed by atoms with Crippen molar-refractivity contribution in [2.75, 3.05) is 0 Å². The Balaban J connectivity index is 2.15. The summed E-state index contributed by atoms with van der Waals surface area (Å²) < 4.78 is 10.1. The van der Waals surface area contributed by atoms with E-state index in [1.807, 2.05) is 0 Å². The van der Waals surface area contributed by atoms with Crippen molar-refractivity contribution in [3.63, 3.8) is 0 Å². The first kappa shape index (κ1) is 16.5. The lowest BCUT2D eigenvalue weighted by atomic mass is 10.0. The van der Waals surface area contributed by atoms with Crippen molar-refractivity contribution in [1.29, 1.82) is 0 Å². The minimum absolute atomic E-state index is 0.0866. The third-order valence-electron chi connectivity index (χ3n) is 2.82. The molecule has 2 aromatic rings. The number of hydrogen-bond acceptors (Lipinski definition) is 5. The molecule has 0 aliphatic heterocycles. The molecule has 0 aromatic heterocycles. The maximum absolute atomic E-state index is 12.4. The van der Waals surface area contributed by atoms with E-state index >= 15 is 0 Å².